The van der Waals surface area contributed by atoms with Gasteiger partial charge in [-0.05, 0) is 34.5 Å². The lowest BCUT2D eigenvalue weighted by atomic mass is 9.94. The van der Waals surface area contributed by atoms with Crippen molar-refractivity contribution in [2.75, 3.05) is 19.1 Å². The Kier molecular flexibility index (Phi) is 5.24. The Morgan fingerprint density at radius 1 is 1.00 bits per heavy atom. The van der Waals surface area contributed by atoms with E-state index in [0.717, 1.165) is 22.0 Å². The molecule has 0 heterocycles. The lowest BCUT2D eigenvalue weighted by Crippen LogP contribution is -2.34. The van der Waals surface area contributed by atoms with Gasteiger partial charge >= 0.3 is 0 Å². The maximum atomic E-state index is 12.8. The molecule has 0 aliphatic heterocycles. The summed E-state index contributed by atoms with van der Waals surface area (Å²) in [6.07, 6.45) is -0.875. The van der Waals surface area contributed by atoms with Crippen LogP contribution in [0.1, 0.15) is 18.6 Å². The smallest absolute Gasteiger partial charge is 0.232 e. The summed E-state index contributed by atoms with van der Waals surface area (Å²) in [6, 6.07) is 21.1. The van der Waals surface area contributed by atoms with Gasteiger partial charge in [0.2, 0.25) is 5.91 Å². The number of rotatable bonds is 5. The Bertz CT molecular complexity index is 922. The summed E-state index contributed by atoms with van der Waals surface area (Å²) in [4.78, 5) is 14.4. The second kappa shape index (κ2) is 7.58. The summed E-state index contributed by atoms with van der Waals surface area (Å²) < 4.78 is 5.22. The van der Waals surface area contributed by atoms with Crippen molar-refractivity contribution in [2.24, 2.45) is 5.92 Å². The van der Waals surface area contributed by atoms with Gasteiger partial charge in [0, 0.05) is 18.8 Å². The van der Waals surface area contributed by atoms with E-state index in [-0.39, 0.29) is 5.91 Å². The summed E-state index contributed by atoms with van der Waals surface area (Å²) in [5, 5.41) is 12.9. The van der Waals surface area contributed by atoms with E-state index in [2.05, 4.69) is 0 Å². The van der Waals surface area contributed by atoms with Crippen LogP contribution in [0.3, 0.4) is 0 Å². The Labute approximate surface area is 153 Å². The highest BCUT2D eigenvalue weighted by Gasteiger charge is 2.27. The number of hydrogen-bond acceptors (Lipinski definition) is 3. The van der Waals surface area contributed by atoms with Gasteiger partial charge in [-0.1, -0.05) is 49.4 Å². The summed E-state index contributed by atoms with van der Waals surface area (Å²) >= 11 is 0. The molecular formula is C22H23NO3. The molecule has 3 rings (SSSR count). The Balaban J connectivity index is 1.81. The fourth-order valence-electron chi connectivity index (χ4n) is 3.07. The number of aliphatic hydroxyl groups is 1. The van der Waals surface area contributed by atoms with Crippen LogP contribution in [0.15, 0.2) is 66.7 Å². The number of nitrogens with zero attached hydrogens (tertiary/aromatic N) is 1. The number of amides is 1. The van der Waals surface area contributed by atoms with E-state index in [4.69, 9.17) is 4.74 Å². The predicted molar refractivity (Wildman–Crippen MR) is 104 cm³/mol. The second-order valence-corrected chi connectivity index (χ2v) is 6.44. The first-order valence-corrected chi connectivity index (χ1v) is 8.59. The van der Waals surface area contributed by atoms with E-state index < -0.39 is 12.0 Å². The predicted octanol–water partition coefficient (Wildman–Crippen LogP) is 4.18. The quantitative estimate of drug-likeness (QED) is 0.752. The summed E-state index contributed by atoms with van der Waals surface area (Å²) in [5.74, 6) is -0.0452. The van der Waals surface area contributed by atoms with Crippen LogP contribution in [-0.4, -0.2) is 25.2 Å². The van der Waals surface area contributed by atoms with Gasteiger partial charge in [-0.15, -0.1) is 0 Å². The van der Waals surface area contributed by atoms with Crippen LogP contribution in [0.4, 0.5) is 5.69 Å². The van der Waals surface area contributed by atoms with Gasteiger partial charge in [0.1, 0.15) is 5.75 Å². The van der Waals surface area contributed by atoms with Gasteiger partial charge in [0.25, 0.3) is 0 Å². The zero-order valence-electron chi connectivity index (χ0n) is 15.2. The number of hydrogen-bond donors (Lipinski definition) is 1. The highest BCUT2D eigenvalue weighted by Crippen LogP contribution is 2.28. The van der Waals surface area contributed by atoms with Gasteiger partial charge in [-0.3, -0.25) is 4.79 Å². The molecule has 4 heteroatoms. The molecule has 0 aromatic heterocycles. The third kappa shape index (κ3) is 3.55. The van der Waals surface area contributed by atoms with Gasteiger partial charge in [-0.2, -0.15) is 0 Å². The van der Waals surface area contributed by atoms with Gasteiger partial charge < -0.3 is 14.7 Å². The van der Waals surface area contributed by atoms with E-state index >= 15 is 0 Å². The summed E-state index contributed by atoms with van der Waals surface area (Å²) in [5.41, 5.74) is 1.47. The fraction of sp³-hybridized carbons (Fsp3) is 0.227. The van der Waals surface area contributed by atoms with Crippen LogP contribution in [0.25, 0.3) is 10.8 Å². The minimum atomic E-state index is -0.875. The molecule has 0 fully saturated rings. The zero-order valence-corrected chi connectivity index (χ0v) is 15.2. The number of benzene rings is 3. The van der Waals surface area contributed by atoms with E-state index in [1.165, 1.54) is 0 Å². The molecule has 0 radical (unpaired) electrons. The molecule has 26 heavy (non-hydrogen) atoms. The molecular weight excluding hydrogens is 326 g/mol. The molecule has 0 bridgehead atoms. The van der Waals surface area contributed by atoms with E-state index in [1.54, 1.807) is 32.0 Å². The Hall–Kier alpha value is -2.85. The van der Waals surface area contributed by atoms with E-state index in [0.29, 0.717) is 5.75 Å². The summed E-state index contributed by atoms with van der Waals surface area (Å²) in [6.45, 7) is 1.75. The van der Waals surface area contributed by atoms with Crippen LogP contribution in [-0.2, 0) is 4.79 Å². The first-order chi connectivity index (χ1) is 12.5. The van der Waals surface area contributed by atoms with Crippen molar-refractivity contribution < 1.29 is 14.6 Å². The third-order valence-electron chi connectivity index (χ3n) is 4.75. The van der Waals surface area contributed by atoms with Crippen molar-refractivity contribution in [1.29, 1.82) is 0 Å². The number of ether oxygens (including phenoxy) is 1. The van der Waals surface area contributed by atoms with Crippen molar-refractivity contribution >= 4 is 22.4 Å². The van der Waals surface area contributed by atoms with Crippen molar-refractivity contribution in [3.63, 3.8) is 0 Å². The molecule has 0 saturated carbocycles. The van der Waals surface area contributed by atoms with E-state index in [1.807, 2.05) is 60.7 Å². The van der Waals surface area contributed by atoms with Crippen LogP contribution < -0.4 is 9.64 Å². The number of fused-ring (bicyclic) bond motifs is 1. The van der Waals surface area contributed by atoms with Crippen LogP contribution in [0.5, 0.6) is 5.75 Å². The van der Waals surface area contributed by atoms with Crippen molar-refractivity contribution in [2.45, 2.75) is 13.0 Å². The van der Waals surface area contributed by atoms with Crippen molar-refractivity contribution in [3.8, 4) is 5.75 Å². The van der Waals surface area contributed by atoms with Gasteiger partial charge in [0.15, 0.2) is 0 Å². The monoisotopic (exact) mass is 349 g/mol. The highest BCUT2D eigenvalue weighted by atomic mass is 16.5. The largest absolute Gasteiger partial charge is 0.497 e. The Morgan fingerprint density at radius 3 is 2.46 bits per heavy atom. The number of aliphatic hydroxyl groups excluding tert-OH is 1. The fourth-order valence-corrected chi connectivity index (χ4v) is 3.07. The minimum Gasteiger partial charge on any atom is -0.497 e. The molecule has 0 aliphatic rings. The average molecular weight is 349 g/mol. The van der Waals surface area contributed by atoms with Crippen LogP contribution in [0, 0.1) is 5.92 Å². The number of carbonyl (C=O) groups excluding carboxylic acids is 1. The number of anilines is 1. The Morgan fingerprint density at radius 2 is 1.73 bits per heavy atom. The van der Waals surface area contributed by atoms with Crippen LogP contribution in [0.2, 0.25) is 0 Å². The number of methoxy groups -OCH3 is 1. The molecule has 1 amide bonds. The molecule has 3 aromatic rings. The SMILES string of the molecule is COc1cccc(N(C)C(=O)[C@H](C)[C@H](O)c2ccc3ccccc3c2)c1. The summed E-state index contributed by atoms with van der Waals surface area (Å²) in [7, 11) is 3.30. The normalized spacial score (nSPS) is 13.2. The first kappa shape index (κ1) is 18.0. The molecule has 4 nitrogen and oxygen atoms in total. The second-order valence-electron chi connectivity index (χ2n) is 6.44. The molecule has 134 valence electrons. The molecule has 0 unspecified atom stereocenters. The molecule has 2 atom stereocenters. The standard InChI is InChI=1S/C22H23NO3/c1-15(22(25)23(2)19-9-6-10-20(14-19)26-3)21(24)18-12-11-16-7-4-5-8-17(16)13-18/h4-15,21,24H,1-3H3/t15-,21+/m1/s1. The topological polar surface area (TPSA) is 49.8 Å². The zero-order chi connectivity index (χ0) is 18.7. The highest BCUT2D eigenvalue weighted by molar-refractivity contribution is 5.95. The molecule has 0 spiro atoms. The average Bonchev–Trinajstić information content (AvgIpc) is 2.71. The maximum absolute atomic E-state index is 12.8. The molecule has 1 N–H and O–H groups in total. The van der Waals surface area contributed by atoms with Gasteiger partial charge in [0.05, 0.1) is 19.1 Å². The molecule has 3 aromatic carbocycles. The van der Waals surface area contributed by atoms with Crippen LogP contribution >= 0.6 is 0 Å². The first-order valence-electron chi connectivity index (χ1n) is 8.59. The molecule has 0 aliphatic carbocycles. The lowest BCUT2D eigenvalue weighted by molar-refractivity contribution is -0.125. The van der Waals surface area contributed by atoms with Gasteiger partial charge in [-0.25, -0.2) is 0 Å². The minimum absolute atomic E-state index is 0.154. The van der Waals surface area contributed by atoms with E-state index in [9.17, 15) is 9.90 Å². The van der Waals surface area contributed by atoms with Crippen molar-refractivity contribution in [3.05, 3.63) is 72.3 Å². The lowest BCUT2D eigenvalue weighted by Gasteiger charge is -2.25. The number of carbonyl (C=O) groups is 1. The van der Waals surface area contributed by atoms with Crippen molar-refractivity contribution in [1.82, 2.24) is 0 Å². The third-order valence-corrected chi connectivity index (χ3v) is 4.75. The molecule has 0 saturated heterocycles. The maximum Gasteiger partial charge on any atom is 0.232 e.